The van der Waals surface area contributed by atoms with Gasteiger partial charge in [0.2, 0.25) is 0 Å². The fourth-order valence-electron chi connectivity index (χ4n) is 2.41. The van der Waals surface area contributed by atoms with E-state index in [1.165, 1.54) is 0 Å². The third kappa shape index (κ3) is 2.81. The van der Waals surface area contributed by atoms with Gasteiger partial charge in [-0.25, -0.2) is 4.98 Å². The van der Waals surface area contributed by atoms with Crippen LogP contribution in [-0.4, -0.2) is 9.38 Å². The molecule has 3 nitrogen and oxygen atoms in total. The second kappa shape index (κ2) is 5.89. The maximum absolute atomic E-state index is 6.16. The minimum atomic E-state index is 0.658. The van der Waals surface area contributed by atoms with Gasteiger partial charge in [0.05, 0.1) is 5.02 Å². The molecule has 23 heavy (non-hydrogen) atoms. The first kappa shape index (κ1) is 14.6. The molecule has 0 amide bonds. The number of halogens is 2. The summed E-state index contributed by atoms with van der Waals surface area (Å²) in [6.07, 6.45) is 1.86. The number of aromatic nitrogens is 2. The summed E-state index contributed by atoms with van der Waals surface area (Å²) in [5.41, 5.74) is 3.74. The maximum Gasteiger partial charge on any atom is 0.143 e. The Kier molecular flexibility index (Phi) is 3.73. The molecule has 6 heteroatoms. The number of rotatable bonds is 3. The Balaban J connectivity index is 1.89. The van der Waals surface area contributed by atoms with Crippen LogP contribution < -0.4 is 5.32 Å². The summed E-state index contributed by atoms with van der Waals surface area (Å²) in [4.78, 5) is 4.73. The number of anilines is 2. The number of imidazole rings is 1. The molecule has 4 aromatic rings. The van der Waals surface area contributed by atoms with Crippen LogP contribution in [0.5, 0.6) is 0 Å². The van der Waals surface area contributed by atoms with Crippen molar-refractivity contribution < 1.29 is 0 Å². The molecule has 0 saturated carbocycles. The summed E-state index contributed by atoms with van der Waals surface area (Å²) in [6, 6.07) is 13.4. The molecule has 0 saturated heterocycles. The minimum absolute atomic E-state index is 0.658. The van der Waals surface area contributed by atoms with Crippen LogP contribution in [0.2, 0.25) is 10.0 Å². The minimum Gasteiger partial charge on any atom is -0.339 e. The molecule has 0 fully saturated rings. The molecule has 1 aromatic carbocycles. The van der Waals surface area contributed by atoms with Crippen molar-refractivity contribution in [2.75, 3.05) is 5.32 Å². The molecule has 114 valence electrons. The first-order chi connectivity index (χ1) is 11.2. The number of nitrogens with zero attached hydrogens (tertiary/aromatic N) is 2. The first-order valence-corrected chi connectivity index (χ1v) is 8.63. The van der Waals surface area contributed by atoms with Crippen LogP contribution in [0, 0.1) is 0 Å². The van der Waals surface area contributed by atoms with Gasteiger partial charge in [0.1, 0.15) is 17.2 Å². The number of benzene rings is 1. The van der Waals surface area contributed by atoms with Crippen molar-refractivity contribution in [2.45, 2.75) is 0 Å². The number of nitrogens with one attached hydrogen (secondary N) is 1. The molecule has 0 radical (unpaired) electrons. The Morgan fingerprint density at radius 3 is 2.48 bits per heavy atom. The molecule has 0 aliphatic carbocycles. The number of thiophene rings is 1. The molecule has 0 spiro atoms. The van der Waals surface area contributed by atoms with Crippen molar-refractivity contribution in [3.63, 3.8) is 0 Å². The molecule has 0 atom stereocenters. The zero-order chi connectivity index (χ0) is 15.8. The van der Waals surface area contributed by atoms with Gasteiger partial charge in [-0.3, -0.25) is 4.40 Å². The standard InChI is InChI=1S/C17H11Cl2N3S/c18-12-1-4-14(5-2-12)20-17-16(11-7-8-23-10-11)21-15-6-3-13(19)9-22(15)17/h1-10,20H. The molecule has 0 aliphatic heterocycles. The third-order valence-corrected chi connectivity index (χ3v) is 4.64. The summed E-state index contributed by atoms with van der Waals surface area (Å²) < 4.78 is 1.96. The van der Waals surface area contributed by atoms with Crippen molar-refractivity contribution in [1.82, 2.24) is 9.38 Å². The maximum atomic E-state index is 6.16. The van der Waals surface area contributed by atoms with E-state index < -0.39 is 0 Å². The second-order valence-electron chi connectivity index (χ2n) is 5.03. The van der Waals surface area contributed by atoms with Gasteiger partial charge in [0, 0.05) is 27.9 Å². The molecule has 0 bridgehead atoms. The Bertz CT molecular complexity index is 960. The Hall–Kier alpha value is -2.01. The summed E-state index contributed by atoms with van der Waals surface area (Å²) in [6.45, 7) is 0. The van der Waals surface area contributed by atoms with E-state index in [0.29, 0.717) is 10.0 Å². The van der Waals surface area contributed by atoms with E-state index in [1.807, 2.05) is 52.4 Å². The number of pyridine rings is 1. The van der Waals surface area contributed by atoms with Gasteiger partial charge < -0.3 is 5.32 Å². The van der Waals surface area contributed by atoms with E-state index in [4.69, 9.17) is 28.2 Å². The highest BCUT2D eigenvalue weighted by atomic mass is 35.5. The van der Waals surface area contributed by atoms with Crippen molar-refractivity contribution in [3.05, 3.63) is 69.5 Å². The van der Waals surface area contributed by atoms with E-state index in [9.17, 15) is 0 Å². The smallest absolute Gasteiger partial charge is 0.143 e. The summed E-state index contributed by atoms with van der Waals surface area (Å²) in [7, 11) is 0. The lowest BCUT2D eigenvalue weighted by molar-refractivity contribution is 1.18. The van der Waals surface area contributed by atoms with Gasteiger partial charge >= 0.3 is 0 Å². The molecule has 0 unspecified atom stereocenters. The van der Waals surface area contributed by atoms with E-state index in [1.54, 1.807) is 11.3 Å². The average molecular weight is 360 g/mol. The van der Waals surface area contributed by atoms with E-state index >= 15 is 0 Å². The van der Waals surface area contributed by atoms with Crippen LogP contribution in [0.3, 0.4) is 0 Å². The van der Waals surface area contributed by atoms with E-state index in [0.717, 1.165) is 28.4 Å². The number of fused-ring (bicyclic) bond motifs is 1. The van der Waals surface area contributed by atoms with Crippen molar-refractivity contribution in [3.8, 4) is 11.3 Å². The lowest BCUT2D eigenvalue weighted by Gasteiger charge is -2.08. The van der Waals surface area contributed by atoms with Gasteiger partial charge in [-0.2, -0.15) is 11.3 Å². The molecule has 4 rings (SSSR count). The van der Waals surface area contributed by atoms with Crippen LogP contribution in [0.25, 0.3) is 16.9 Å². The predicted molar refractivity (Wildman–Crippen MR) is 98.2 cm³/mol. The third-order valence-electron chi connectivity index (χ3n) is 3.48. The summed E-state index contributed by atoms with van der Waals surface area (Å²) in [5.74, 6) is 0.878. The largest absolute Gasteiger partial charge is 0.339 e. The lowest BCUT2D eigenvalue weighted by atomic mass is 10.2. The zero-order valence-electron chi connectivity index (χ0n) is 11.8. The lowest BCUT2D eigenvalue weighted by Crippen LogP contribution is -1.96. The zero-order valence-corrected chi connectivity index (χ0v) is 14.2. The highest BCUT2D eigenvalue weighted by Gasteiger charge is 2.15. The van der Waals surface area contributed by atoms with Gasteiger partial charge in [-0.1, -0.05) is 23.2 Å². The normalized spacial score (nSPS) is 11.0. The van der Waals surface area contributed by atoms with E-state index in [-0.39, 0.29) is 0 Å². The van der Waals surface area contributed by atoms with Crippen LogP contribution >= 0.6 is 34.5 Å². The quantitative estimate of drug-likeness (QED) is 0.477. The van der Waals surface area contributed by atoms with Crippen LogP contribution in [0.4, 0.5) is 11.5 Å². The Labute approximate surface area is 147 Å². The fraction of sp³-hybridized carbons (Fsp3) is 0. The Morgan fingerprint density at radius 2 is 1.74 bits per heavy atom. The van der Waals surface area contributed by atoms with Crippen LogP contribution in [0.15, 0.2) is 59.4 Å². The topological polar surface area (TPSA) is 29.3 Å². The summed E-state index contributed by atoms with van der Waals surface area (Å²) in [5, 5.41) is 8.91. The summed E-state index contributed by atoms with van der Waals surface area (Å²) >= 11 is 13.8. The SMILES string of the molecule is Clc1ccc(Nc2c(-c3ccsc3)nc3ccc(Cl)cn23)cc1. The van der Waals surface area contributed by atoms with Gasteiger partial charge in [0.25, 0.3) is 0 Å². The second-order valence-corrected chi connectivity index (χ2v) is 6.68. The van der Waals surface area contributed by atoms with Gasteiger partial charge in [0.15, 0.2) is 0 Å². The molecule has 1 N–H and O–H groups in total. The van der Waals surface area contributed by atoms with Crippen LogP contribution in [-0.2, 0) is 0 Å². The predicted octanol–water partition coefficient (Wildman–Crippen LogP) is 6.11. The van der Waals surface area contributed by atoms with Gasteiger partial charge in [-0.05, 0) is 47.8 Å². The molecule has 3 aromatic heterocycles. The molecule has 0 aliphatic rings. The fourth-order valence-corrected chi connectivity index (χ4v) is 3.34. The molecular weight excluding hydrogens is 349 g/mol. The van der Waals surface area contributed by atoms with Gasteiger partial charge in [-0.15, -0.1) is 0 Å². The average Bonchev–Trinajstić information content (AvgIpc) is 3.18. The van der Waals surface area contributed by atoms with Crippen LogP contribution in [0.1, 0.15) is 0 Å². The highest BCUT2D eigenvalue weighted by Crippen LogP contribution is 2.33. The Morgan fingerprint density at radius 1 is 0.957 bits per heavy atom. The molecule has 3 heterocycles. The van der Waals surface area contributed by atoms with E-state index in [2.05, 4.69) is 16.8 Å². The molecular formula is C17H11Cl2N3S. The van der Waals surface area contributed by atoms with Crippen molar-refractivity contribution in [2.24, 2.45) is 0 Å². The first-order valence-electron chi connectivity index (χ1n) is 6.93. The number of hydrogen-bond donors (Lipinski definition) is 1. The monoisotopic (exact) mass is 359 g/mol. The number of hydrogen-bond acceptors (Lipinski definition) is 3. The van der Waals surface area contributed by atoms with Crippen molar-refractivity contribution in [1.29, 1.82) is 0 Å². The highest BCUT2D eigenvalue weighted by molar-refractivity contribution is 7.08. The van der Waals surface area contributed by atoms with Crippen molar-refractivity contribution >= 4 is 51.7 Å².